The molecule has 0 fully saturated rings. The predicted molar refractivity (Wildman–Crippen MR) is 127 cm³/mol. The van der Waals surface area contributed by atoms with Crippen LogP contribution in [-0.2, 0) is 25.7 Å². The fourth-order valence-electron chi connectivity index (χ4n) is 4.51. The van der Waals surface area contributed by atoms with E-state index in [1.165, 1.54) is 32.3 Å². The quantitative estimate of drug-likeness (QED) is 0.364. The first kappa shape index (κ1) is 23.0. The highest BCUT2D eigenvalue weighted by molar-refractivity contribution is 5.56. The van der Waals surface area contributed by atoms with Crippen molar-refractivity contribution in [1.82, 2.24) is 29.3 Å². The molecule has 0 N–H and O–H groups in total. The largest absolute Gasteiger partial charge is 0.416 e. The van der Waals surface area contributed by atoms with E-state index in [4.69, 9.17) is 4.52 Å². The van der Waals surface area contributed by atoms with Crippen LogP contribution in [0.25, 0.3) is 17.0 Å². The van der Waals surface area contributed by atoms with Crippen molar-refractivity contribution in [3.05, 3.63) is 93.4 Å². The molecule has 1 aliphatic heterocycles. The summed E-state index contributed by atoms with van der Waals surface area (Å²) in [7, 11) is 0. The SMILES string of the molecule is Cc1cc2nn(Cc3nc(-c4cccc(C(F)(F)F)c4)no3)c(=O)n2c(N2CCc3ccccc3C2)n1. The lowest BCUT2D eigenvalue weighted by molar-refractivity contribution is -0.137. The number of hydrogen-bond donors (Lipinski definition) is 0. The summed E-state index contributed by atoms with van der Waals surface area (Å²) < 4.78 is 47.1. The molecule has 2 aromatic carbocycles. The molecule has 37 heavy (non-hydrogen) atoms. The van der Waals surface area contributed by atoms with Crippen molar-refractivity contribution in [2.45, 2.75) is 32.6 Å². The van der Waals surface area contributed by atoms with Crippen LogP contribution in [0.5, 0.6) is 0 Å². The molecule has 0 bridgehead atoms. The molecule has 188 valence electrons. The van der Waals surface area contributed by atoms with Gasteiger partial charge >= 0.3 is 11.9 Å². The number of benzene rings is 2. The van der Waals surface area contributed by atoms with Crippen molar-refractivity contribution in [2.24, 2.45) is 0 Å². The van der Waals surface area contributed by atoms with Crippen molar-refractivity contribution in [3.8, 4) is 11.4 Å². The van der Waals surface area contributed by atoms with Crippen LogP contribution in [0.15, 0.2) is 63.9 Å². The second kappa shape index (κ2) is 8.57. The molecule has 0 unspecified atom stereocenters. The summed E-state index contributed by atoms with van der Waals surface area (Å²) >= 11 is 0. The Labute approximate surface area is 207 Å². The minimum Gasteiger partial charge on any atom is -0.337 e. The third-order valence-corrected chi connectivity index (χ3v) is 6.29. The summed E-state index contributed by atoms with van der Waals surface area (Å²) in [6.07, 6.45) is -3.66. The monoisotopic (exact) mass is 507 g/mol. The third kappa shape index (κ3) is 4.24. The fourth-order valence-corrected chi connectivity index (χ4v) is 4.51. The van der Waals surface area contributed by atoms with Gasteiger partial charge in [-0.05, 0) is 36.6 Å². The Kier molecular flexibility index (Phi) is 5.32. The number of aromatic nitrogens is 6. The van der Waals surface area contributed by atoms with Gasteiger partial charge in [0.15, 0.2) is 5.65 Å². The van der Waals surface area contributed by atoms with Gasteiger partial charge in [0.25, 0.3) is 0 Å². The van der Waals surface area contributed by atoms with Crippen LogP contribution in [0.3, 0.4) is 0 Å². The zero-order valence-electron chi connectivity index (χ0n) is 19.6. The van der Waals surface area contributed by atoms with Crippen LogP contribution in [0, 0.1) is 6.92 Å². The highest BCUT2D eigenvalue weighted by atomic mass is 19.4. The lowest BCUT2D eigenvalue weighted by atomic mass is 10.0. The minimum absolute atomic E-state index is 0.0110. The maximum absolute atomic E-state index is 13.4. The highest BCUT2D eigenvalue weighted by Crippen LogP contribution is 2.31. The van der Waals surface area contributed by atoms with Gasteiger partial charge in [-0.25, -0.2) is 18.9 Å². The molecular formula is C25H20F3N7O2. The predicted octanol–water partition coefficient (Wildman–Crippen LogP) is 3.88. The highest BCUT2D eigenvalue weighted by Gasteiger charge is 2.31. The van der Waals surface area contributed by atoms with Crippen LogP contribution in [0.4, 0.5) is 19.1 Å². The molecule has 3 aromatic heterocycles. The maximum Gasteiger partial charge on any atom is 0.416 e. The summed E-state index contributed by atoms with van der Waals surface area (Å²) in [6.45, 7) is 3.01. The van der Waals surface area contributed by atoms with Crippen molar-refractivity contribution in [2.75, 3.05) is 11.4 Å². The number of nitrogens with zero attached hydrogens (tertiary/aromatic N) is 7. The topological polar surface area (TPSA) is 94.3 Å². The molecule has 0 aliphatic carbocycles. The first-order chi connectivity index (χ1) is 17.8. The van der Waals surface area contributed by atoms with Crippen LogP contribution >= 0.6 is 0 Å². The number of alkyl halides is 3. The van der Waals surface area contributed by atoms with Gasteiger partial charge in [-0.2, -0.15) is 18.2 Å². The van der Waals surface area contributed by atoms with Crippen LogP contribution < -0.4 is 10.6 Å². The Morgan fingerprint density at radius 2 is 1.84 bits per heavy atom. The van der Waals surface area contributed by atoms with Crippen LogP contribution in [0.1, 0.15) is 28.3 Å². The van der Waals surface area contributed by atoms with E-state index in [0.29, 0.717) is 30.4 Å². The van der Waals surface area contributed by atoms with E-state index < -0.39 is 17.4 Å². The summed E-state index contributed by atoms with van der Waals surface area (Å²) in [5.74, 6) is 0.523. The van der Waals surface area contributed by atoms with E-state index in [2.05, 4.69) is 32.4 Å². The molecule has 0 amide bonds. The summed E-state index contributed by atoms with van der Waals surface area (Å²) in [5.41, 5.74) is 2.49. The van der Waals surface area contributed by atoms with Crippen molar-refractivity contribution in [3.63, 3.8) is 0 Å². The maximum atomic E-state index is 13.4. The first-order valence-corrected chi connectivity index (χ1v) is 11.6. The molecule has 12 heteroatoms. The van der Waals surface area contributed by atoms with Gasteiger partial charge in [0.2, 0.25) is 17.7 Å². The van der Waals surface area contributed by atoms with E-state index in [-0.39, 0.29) is 23.8 Å². The molecule has 9 nitrogen and oxygen atoms in total. The molecular weight excluding hydrogens is 487 g/mol. The van der Waals surface area contributed by atoms with Crippen molar-refractivity contribution < 1.29 is 17.7 Å². The molecule has 0 saturated heterocycles. The molecule has 0 spiro atoms. The first-order valence-electron chi connectivity index (χ1n) is 11.6. The van der Waals surface area contributed by atoms with Crippen LogP contribution in [0.2, 0.25) is 0 Å². The normalized spacial score (nSPS) is 13.8. The Hall–Kier alpha value is -4.48. The van der Waals surface area contributed by atoms with E-state index in [9.17, 15) is 18.0 Å². The Balaban J connectivity index is 1.32. The second-order valence-electron chi connectivity index (χ2n) is 8.86. The number of anilines is 1. The van der Waals surface area contributed by atoms with Gasteiger partial charge < -0.3 is 9.42 Å². The summed E-state index contributed by atoms with van der Waals surface area (Å²) in [4.78, 5) is 24.2. The second-order valence-corrected chi connectivity index (χ2v) is 8.86. The zero-order valence-corrected chi connectivity index (χ0v) is 19.6. The molecule has 4 heterocycles. The summed E-state index contributed by atoms with van der Waals surface area (Å²) in [5, 5.41) is 8.21. The molecule has 0 radical (unpaired) electrons. The number of rotatable bonds is 4. The van der Waals surface area contributed by atoms with Crippen molar-refractivity contribution in [1.29, 1.82) is 0 Å². The van der Waals surface area contributed by atoms with E-state index >= 15 is 0 Å². The zero-order chi connectivity index (χ0) is 25.7. The van der Waals surface area contributed by atoms with E-state index in [1.54, 1.807) is 6.07 Å². The third-order valence-electron chi connectivity index (χ3n) is 6.29. The standard InChI is InChI=1S/C25H20F3N7O2/c1-15-11-20-31-34(14-21-30-22(32-37-21)17-7-4-8-19(12-17)25(26,27)28)24(36)35(20)23(29-15)33-10-9-16-5-2-3-6-18(16)13-33/h2-8,11-12H,9-10,13-14H2,1H3. The lowest BCUT2D eigenvalue weighted by Crippen LogP contribution is -2.35. The number of hydrogen-bond acceptors (Lipinski definition) is 7. The van der Waals surface area contributed by atoms with Gasteiger partial charge in [-0.1, -0.05) is 41.6 Å². The average Bonchev–Trinajstić information content (AvgIpc) is 3.47. The van der Waals surface area contributed by atoms with Gasteiger partial charge in [0.05, 0.1) is 5.56 Å². The molecule has 6 rings (SSSR count). The van der Waals surface area contributed by atoms with Crippen molar-refractivity contribution >= 4 is 11.6 Å². The molecule has 0 atom stereocenters. The Bertz CT molecular complexity index is 1690. The smallest absolute Gasteiger partial charge is 0.337 e. The lowest BCUT2D eigenvalue weighted by Gasteiger charge is -2.29. The molecule has 1 aliphatic rings. The van der Waals surface area contributed by atoms with E-state index in [1.807, 2.05) is 24.0 Å². The average molecular weight is 507 g/mol. The molecule has 5 aromatic rings. The van der Waals surface area contributed by atoms with Crippen LogP contribution in [-0.4, -0.2) is 35.9 Å². The van der Waals surface area contributed by atoms with E-state index in [0.717, 1.165) is 18.6 Å². The number of halogens is 3. The number of aryl methyl sites for hydroxylation is 1. The Morgan fingerprint density at radius 3 is 2.65 bits per heavy atom. The summed E-state index contributed by atoms with van der Waals surface area (Å²) in [6, 6.07) is 14.5. The van der Waals surface area contributed by atoms with Gasteiger partial charge in [-0.3, -0.25) is 0 Å². The minimum atomic E-state index is -4.49. The van der Waals surface area contributed by atoms with Gasteiger partial charge in [0.1, 0.15) is 6.54 Å². The fraction of sp³-hybridized carbons (Fsp3) is 0.240. The van der Waals surface area contributed by atoms with Gasteiger partial charge in [0, 0.05) is 30.4 Å². The molecule has 0 saturated carbocycles. The number of fused-ring (bicyclic) bond motifs is 2. The Morgan fingerprint density at radius 1 is 1.03 bits per heavy atom. The van der Waals surface area contributed by atoms with Gasteiger partial charge in [-0.15, -0.1) is 5.10 Å².